The first-order chi connectivity index (χ1) is 13.0. The fourth-order valence-electron chi connectivity index (χ4n) is 3.75. The largest absolute Gasteiger partial charge is 0.550 e. The number of hydrogen-bond donors (Lipinski definition) is 1. The molecule has 0 bridgehead atoms. The number of carboxylic acids is 1. The molecule has 27 heavy (non-hydrogen) atoms. The third kappa shape index (κ3) is 14.8. The Morgan fingerprint density at radius 1 is 0.889 bits per heavy atom. The minimum absolute atomic E-state index is 0.142. The van der Waals surface area contributed by atoms with Gasteiger partial charge in [0.05, 0.1) is 19.6 Å². The van der Waals surface area contributed by atoms with E-state index in [9.17, 15) is 15.0 Å². The average molecular weight is 384 g/mol. The molecule has 4 nitrogen and oxygen atoms in total. The number of aliphatic hydroxyl groups is 1. The zero-order chi connectivity index (χ0) is 20.4. The number of quaternary nitrogens is 1. The molecule has 0 aromatic heterocycles. The summed E-state index contributed by atoms with van der Waals surface area (Å²) in [5, 5.41) is 21.4. The summed E-state index contributed by atoms with van der Waals surface area (Å²) in [6, 6.07) is 0. The van der Waals surface area contributed by atoms with Crippen LogP contribution in [-0.2, 0) is 4.79 Å². The Balaban J connectivity index is 4.96. The molecular formula is C23H45NO3. The second kappa shape index (κ2) is 17.2. The van der Waals surface area contributed by atoms with Gasteiger partial charge in [-0.3, -0.25) is 0 Å². The summed E-state index contributed by atoms with van der Waals surface area (Å²) in [5.41, 5.74) is 0. The van der Waals surface area contributed by atoms with Crippen molar-refractivity contribution in [2.45, 2.75) is 104 Å². The van der Waals surface area contributed by atoms with Gasteiger partial charge >= 0.3 is 0 Å². The van der Waals surface area contributed by atoms with Crippen LogP contribution in [0.5, 0.6) is 0 Å². The van der Waals surface area contributed by atoms with Crippen LogP contribution in [0.25, 0.3) is 0 Å². The second-order valence-corrected chi connectivity index (χ2v) is 8.08. The third-order valence-corrected chi connectivity index (χ3v) is 5.39. The highest BCUT2D eigenvalue weighted by atomic mass is 16.4. The highest BCUT2D eigenvalue weighted by Gasteiger charge is 2.28. The minimum atomic E-state index is -0.955. The molecule has 1 unspecified atom stereocenters. The minimum Gasteiger partial charge on any atom is -0.550 e. The molecule has 160 valence electrons. The molecule has 0 saturated heterocycles. The molecule has 1 N–H and O–H groups in total. The summed E-state index contributed by atoms with van der Waals surface area (Å²) in [4.78, 5) is 10.7. The van der Waals surface area contributed by atoms with Crippen molar-refractivity contribution in [1.82, 2.24) is 0 Å². The molecule has 0 saturated carbocycles. The molecule has 0 radical (unpaired) electrons. The van der Waals surface area contributed by atoms with E-state index in [2.05, 4.69) is 26.8 Å². The lowest BCUT2D eigenvalue weighted by molar-refractivity contribution is -0.931. The van der Waals surface area contributed by atoms with Gasteiger partial charge in [-0.05, 0) is 51.4 Å². The van der Waals surface area contributed by atoms with Crippen molar-refractivity contribution in [2.75, 3.05) is 26.2 Å². The smallest absolute Gasteiger partial charge is 0.121 e. The summed E-state index contributed by atoms with van der Waals surface area (Å²) in [6.07, 6.45) is 15.9. The molecule has 1 atom stereocenters. The van der Waals surface area contributed by atoms with Crippen molar-refractivity contribution >= 4 is 5.97 Å². The number of aliphatic hydroxyl groups excluding tert-OH is 1. The molecule has 0 aliphatic heterocycles. The number of rotatable bonds is 19. The summed E-state index contributed by atoms with van der Waals surface area (Å²) in [7, 11) is 0. The van der Waals surface area contributed by atoms with Crippen molar-refractivity contribution in [3.63, 3.8) is 0 Å². The monoisotopic (exact) mass is 383 g/mol. The van der Waals surface area contributed by atoms with Crippen molar-refractivity contribution < 1.29 is 19.5 Å². The van der Waals surface area contributed by atoms with Crippen LogP contribution in [-0.4, -0.2) is 47.8 Å². The number of carbonyl (C=O) groups is 1. The van der Waals surface area contributed by atoms with Crippen LogP contribution in [0.2, 0.25) is 0 Å². The van der Waals surface area contributed by atoms with E-state index in [1.807, 2.05) is 6.08 Å². The van der Waals surface area contributed by atoms with Gasteiger partial charge in [0.2, 0.25) is 0 Å². The lowest BCUT2D eigenvalue weighted by Crippen LogP contribution is -2.53. The highest BCUT2D eigenvalue weighted by molar-refractivity contribution is 5.64. The number of hydrogen-bond acceptors (Lipinski definition) is 3. The molecule has 0 amide bonds. The maximum atomic E-state index is 10.7. The van der Waals surface area contributed by atoms with Crippen LogP contribution >= 0.6 is 0 Å². The predicted molar refractivity (Wildman–Crippen MR) is 112 cm³/mol. The molecule has 0 heterocycles. The van der Waals surface area contributed by atoms with Gasteiger partial charge in [0.15, 0.2) is 0 Å². The Hall–Kier alpha value is -0.870. The number of allylic oxidation sites excluding steroid dienone is 1. The highest BCUT2D eigenvalue weighted by Crippen LogP contribution is 2.18. The molecule has 4 heteroatoms. The van der Waals surface area contributed by atoms with Gasteiger partial charge in [0.25, 0.3) is 0 Å². The summed E-state index contributed by atoms with van der Waals surface area (Å²) in [6.45, 7) is 10.5. The quantitative estimate of drug-likeness (QED) is 0.206. The van der Waals surface area contributed by atoms with Gasteiger partial charge in [-0.1, -0.05) is 58.6 Å². The summed E-state index contributed by atoms with van der Waals surface area (Å²) >= 11 is 0. The van der Waals surface area contributed by atoms with E-state index >= 15 is 0 Å². The van der Waals surface area contributed by atoms with Crippen LogP contribution in [0, 0.1) is 0 Å². The fraction of sp³-hybridized carbons (Fsp3) is 0.870. The standard InChI is InChI=1S/C23H45NO3/c1-4-7-10-11-16-22(25)21-24(18-13-8-5-2,19-14-9-6-3)20-15-12-17-23(26)27/h11,16,22,25H,4-10,12-15,17-21H2,1-3H3/b16-11+. The Bertz CT molecular complexity index is 372. The zero-order valence-electron chi connectivity index (χ0n) is 18.3. The van der Waals surface area contributed by atoms with Crippen molar-refractivity contribution in [3.8, 4) is 0 Å². The number of carbonyl (C=O) groups excluding carboxylic acids is 1. The number of unbranched alkanes of at least 4 members (excludes halogenated alkanes) is 7. The van der Waals surface area contributed by atoms with E-state index in [-0.39, 0.29) is 6.42 Å². The summed E-state index contributed by atoms with van der Waals surface area (Å²) < 4.78 is 0.923. The van der Waals surface area contributed by atoms with E-state index in [0.717, 1.165) is 43.5 Å². The fourth-order valence-corrected chi connectivity index (χ4v) is 3.75. The molecule has 0 aliphatic rings. The SMILES string of the molecule is CCCC/C=C/C(O)C[N+](CCCCC)(CCCCC)CCCCC(=O)[O-]. The number of nitrogens with zero attached hydrogens (tertiary/aromatic N) is 1. The van der Waals surface area contributed by atoms with E-state index in [1.165, 1.54) is 51.4 Å². The summed E-state index contributed by atoms with van der Waals surface area (Å²) in [5.74, 6) is -0.955. The van der Waals surface area contributed by atoms with Crippen molar-refractivity contribution in [2.24, 2.45) is 0 Å². The van der Waals surface area contributed by atoms with E-state index in [0.29, 0.717) is 6.42 Å². The lowest BCUT2D eigenvalue weighted by atomic mass is 10.1. The normalized spacial score (nSPS) is 13.3. The maximum Gasteiger partial charge on any atom is 0.121 e. The van der Waals surface area contributed by atoms with E-state index in [4.69, 9.17) is 0 Å². The first kappa shape index (κ1) is 26.1. The van der Waals surface area contributed by atoms with Crippen LogP contribution in [0.15, 0.2) is 12.2 Å². The Kier molecular flexibility index (Phi) is 16.7. The van der Waals surface area contributed by atoms with E-state index in [1.54, 1.807) is 0 Å². The van der Waals surface area contributed by atoms with Gasteiger partial charge in [-0.25, -0.2) is 0 Å². The molecule has 0 aliphatic carbocycles. The van der Waals surface area contributed by atoms with E-state index < -0.39 is 12.1 Å². The van der Waals surface area contributed by atoms with Crippen LogP contribution in [0.1, 0.15) is 97.8 Å². The first-order valence-corrected chi connectivity index (χ1v) is 11.4. The molecule has 0 rings (SSSR count). The predicted octanol–water partition coefficient (Wildman–Crippen LogP) is 4.21. The van der Waals surface area contributed by atoms with Crippen molar-refractivity contribution in [3.05, 3.63) is 12.2 Å². The molecule has 0 spiro atoms. The zero-order valence-corrected chi connectivity index (χ0v) is 18.3. The Morgan fingerprint density at radius 2 is 1.41 bits per heavy atom. The van der Waals surface area contributed by atoms with Gasteiger partial charge in [0.1, 0.15) is 12.6 Å². The number of aliphatic carboxylic acids is 1. The van der Waals surface area contributed by atoms with Gasteiger partial charge in [0, 0.05) is 5.97 Å². The van der Waals surface area contributed by atoms with Gasteiger partial charge < -0.3 is 19.5 Å². The molecule has 0 aromatic carbocycles. The number of carboxylic acid groups (broad SMARTS) is 1. The Labute approximate surface area is 168 Å². The van der Waals surface area contributed by atoms with Crippen molar-refractivity contribution in [1.29, 1.82) is 0 Å². The van der Waals surface area contributed by atoms with Crippen LogP contribution < -0.4 is 5.11 Å². The Morgan fingerprint density at radius 3 is 1.89 bits per heavy atom. The second-order valence-electron chi connectivity index (χ2n) is 8.08. The molecular weight excluding hydrogens is 338 g/mol. The first-order valence-electron chi connectivity index (χ1n) is 11.4. The molecule has 0 fully saturated rings. The third-order valence-electron chi connectivity index (χ3n) is 5.39. The topological polar surface area (TPSA) is 60.4 Å². The van der Waals surface area contributed by atoms with Gasteiger partial charge in [-0.2, -0.15) is 0 Å². The van der Waals surface area contributed by atoms with Gasteiger partial charge in [-0.15, -0.1) is 0 Å². The average Bonchev–Trinajstić information content (AvgIpc) is 2.63. The van der Waals surface area contributed by atoms with Crippen LogP contribution in [0.4, 0.5) is 0 Å². The lowest BCUT2D eigenvalue weighted by Gasteiger charge is -2.40. The maximum absolute atomic E-state index is 10.7. The molecule has 0 aromatic rings. The van der Waals surface area contributed by atoms with Crippen LogP contribution in [0.3, 0.4) is 0 Å².